The molecule has 154 valence electrons. The standard InChI is InChI=1S/C21H33N5O2/c1-13-17(14(2)23-22-13)9-21(28)25-10-15-8-16(11-25)19(12-24(3)4)26-18(15)6-5-7-20(26)27/h15-16,18-19H,5-12H2,1-4H3,(H,22,23)/t15-,16+,18+,19+/m1/s1. The molecule has 2 amide bonds. The normalized spacial score (nSPS) is 30.0. The van der Waals surface area contributed by atoms with E-state index >= 15 is 0 Å². The summed E-state index contributed by atoms with van der Waals surface area (Å²) in [5.74, 6) is 1.30. The van der Waals surface area contributed by atoms with E-state index in [1.807, 2.05) is 13.8 Å². The number of rotatable bonds is 4. The monoisotopic (exact) mass is 387 g/mol. The molecule has 1 aromatic rings. The summed E-state index contributed by atoms with van der Waals surface area (Å²) >= 11 is 0. The fourth-order valence-corrected chi connectivity index (χ4v) is 5.68. The van der Waals surface area contributed by atoms with E-state index < -0.39 is 0 Å². The number of likely N-dealkylation sites (N-methyl/N-ethyl adjacent to an activating group) is 1. The van der Waals surface area contributed by atoms with Crippen molar-refractivity contribution >= 4 is 11.8 Å². The highest BCUT2D eigenvalue weighted by molar-refractivity contribution is 5.80. The fraction of sp³-hybridized carbons (Fsp3) is 0.762. The SMILES string of the molecule is Cc1n[nH]c(C)c1CC(=O)N1C[C@H]2C[C@@H](C1)[C@H](CN(C)C)N1C(=O)CCC[C@@H]21. The van der Waals surface area contributed by atoms with Gasteiger partial charge in [-0.1, -0.05) is 0 Å². The number of fused-ring (bicyclic) bond motifs is 4. The molecular weight excluding hydrogens is 354 g/mol. The van der Waals surface area contributed by atoms with E-state index in [1.54, 1.807) is 0 Å². The second-order valence-electron chi connectivity index (χ2n) is 9.23. The molecule has 7 heteroatoms. The third-order valence-corrected chi connectivity index (χ3v) is 7.01. The maximum Gasteiger partial charge on any atom is 0.227 e. The average Bonchev–Trinajstić information content (AvgIpc) is 2.97. The highest BCUT2D eigenvalue weighted by Gasteiger charge is 2.50. The number of nitrogens with one attached hydrogen (secondary N) is 1. The van der Waals surface area contributed by atoms with Crippen LogP contribution < -0.4 is 0 Å². The Morgan fingerprint density at radius 1 is 1.25 bits per heavy atom. The molecule has 4 rings (SSSR count). The molecule has 0 radical (unpaired) electrons. The van der Waals surface area contributed by atoms with Crippen LogP contribution in [0.4, 0.5) is 0 Å². The summed E-state index contributed by atoms with van der Waals surface area (Å²) in [6.07, 6.45) is 4.30. The van der Waals surface area contributed by atoms with Crippen molar-refractivity contribution in [3.05, 3.63) is 17.0 Å². The summed E-state index contributed by atoms with van der Waals surface area (Å²) in [7, 11) is 4.15. The lowest BCUT2D eigenvalue weighted by atomic mass is 9.72. The van der Waals surface area contributed by atoms with Crippen LogP contribution in [-0.4, -0.2) is 82.5 Å². The van der Waals surface area contributed by atoms with Crippen molar-refractivity contribution in [3.8, 4) is 0 Å². The number of nitrogens with zero attached hydrogens (tertiary/aromatic N) is 4. The van der Waals surface area contributed by atoms with Crippen molar-refractivity contribution in [2.24, 2.45) is 11.8 Å². The zero-order valence-electron chi connectivity index (χ0n) is 17.6. The Morgan fingerprint density at radius 2 is 2.00 bits per heavy atom. The highest BCUT2D eigenvalue weighted by Crippen LogP contribution is 2.41. The van der Waals surface area contributed by atoms with E-state index in [0.29, 0.717) is 36.6 Å². The van der Waals surface area contributed by atoms with E-state index in [-0.39, 0.29) is 11.9 Å². The number of carbonyl (C=O) groups excluding carboxylic acids is 2. The summed E-state index contributed by atoms with van der Waals surface area (Å²) in [5, 5.41) is 7.22. The van der Waals surface area contributed by atoms with Crippen LogP contribution in [-0.2, 0) is 16.0 Å². The van der Waals surface area contributed by atoms with Gasteiger partial charge in [0.15, 0.2) is 0 Å². The van der Waals surface area contributed by atoms with Gasteiger partial charge >= 0.3 is 0 Å². The second kappa shape index (κ2) is 7.50. The summed E-state index contributed by atoms with van der Waals surface area (Å²) in [6, 6.07) is 0.521. The molecule has 4 heterocycles. The van der Waals surface area contributed by atoms with E-state index in [2.05, 4.69) is 39.0 Å². The minimum absolute atomic E-state index is 0.196. The van der Waals surface area contributed by atoms with Gasteiger partial charge in [-0.2, -0.15) is 5.10 Å². The third-order valence-electron chi connectivity index (χ3n) is 7.01. The number of aromatic nitrogens is 2. The van der Waals surface area contributed by atoms with Crippen LogP contribution in [0.1, 0.15) is 42.6 Å². The number of hydrogen-bond donors (Lipinski definition) is 1. The molecule has 28 heavy (non-hydrogen) atoms. The number of piperidine rings is 3. The van der Waals surface area contributed by atoms with Gasteiger partial charge in [-0.25, -0.2) is 0 Å². The fourth-order valence-electron chi connectivity index (χ4n) is 5.68. The lowest BCUT2D eigenvalue weighted by Crippen LogP contribution is -2.67. The summed E-state index contributed by atoms with van der Waals surface area (Å²) in [4.78, 5) is 32.4. The number of aryl methyl sites for hydroxylation is 2. The predicted octanol–water partition coefficient (Wildman–Crippen LogP) is 1.36. The Labute approximate surface area is 167 Å². The zero-order chi connectivity index (χ0) is 20.0. The van der Waals surface area contributed by atoms with Gasteiger partial charge in [-0.3, -0.25) is 14.7 Å². The number of aromatic amines is 1. The van der Waals surface area contributed by atoms with Crippen LogP contribution in [0.2, 0.25) is 0 Å². The van der Waals surface area contributed by atoms with Crippen molar-refractivity contribution in [3.63, 3.8) is 0 Å². The first-order chi connectivity index (χ1) is 13.3. The number of likely N-dealkylation sites (tertiary alicyclic amines) is 1. The molecule has 1 N–H and O–H groups in total. The molecule has 0 unspecified atom stereocenters. The predicted molar refractivity (Wildman–Crippen MR) is 107 cm³/mol. The minimum atomic E-state index is 0.196. The number of amides is 2. The molecule has 3 aliphatic heterocycles. The smallest absolute Gasteiger partial charge is 0.227 e. The number of hydrogen-bond acceptors (Lipinski definition) is 4. The lowest BCUT2D eigenvalue weighted by molar-refractivity contribution is -0.156. The molecule has 1 aromatic heterocycles. The van der Waals surface area contributed by atoms with Crippen molar-refractivity contribution in [1.29, 1.82) is 0 Å². The third kappa shape index (κ3) is 3.45. The molecule has 7 nitrogen and oxygen atoms in total. The Morgan fingerprint density at radius 3 is 2.68 bits per heavy atom. The quantitative estimate of drug-likeness (QED) is 0.847. The molecule has 2 bridgehead atoms. The Bertz CT molecular complexity index is 738. The molecule has 0 aliphatic carbocycles. The van der Waals surface area contributed by atoms with Crippen LogP contribution in [0.25, 0.3) is 0 Å². The van der Waals surface area contributed by atoms with Crippen LogP contribution in [0.5, 0.6) is 0 Å². The molecule has 4 atom stereocenters. The van der Waals surface area contributed by atoms with Crippen LogP contribution in [0.15, 0.2) is 0 Å². The van der Waals surface area contributed by atoms with E-state index in [9.17, 15) is 9.59 Å². The number of H-pyrrole nitrogens is 1. The highest BCUT2D eigenvalue weighted by atomic mass is 16.2. The summed E-state index contributed by atoms with van der Waals surface area (Å²) in [5.41, 5.74) is 2.93. The largest absolute Gasteiger partial charge is 0.342 e. The first-order valence-corrected chi connectivity index (χ1v) is 10.6. The first-order valence-electron chi connectivity index (χ1n) is 10.6. The van der Waals surface area contributed by atoms with Gasteiger partial charge in [-0.05, 0) is 59.0 Å². The molecule has 0 spiro atoms. The van der Waals surface area contributed by atoms with Crippen molar-refractivity contribution in [1.82, 2.24) is 24.9 Å². The Balaban J connectivity index is 1.55. The molecular formula is C21H33N5O2. The average molecular weight is 388 g/mol. The van der Waals surface area contributed by atoms with Gasteiger partial charge in [0.05, 0.1) is 12.1 Å². The van der Waals surface area contributed by atoms with Gasteiger partial charge < -0.3 is 14.7 Å². The van der Waals surface area contributed by atoms with Gasteiger partial charge in [-0.15, -0.1) is 0 Å². The van der Waals surface area contributed by atoms with Gasteiger partial charge in [0.25, 0.3) is 0 Å². The molecule has 0 saturated carbocycles. The summed E-state index contributed by atoms with van der Waals surface area (Å²) < 4.78 is 0. The molecule has 3 aliphatic rings. The number of carbonyl (C=O) groups is 2. The lowest BCUT2D eigenvalue weighted by Gasteiger charge is -2.57. The Kier molecular flexibility index (Phi) is 5.21. The van der Waals surface area contributed by atoms with Crippen LogP contribution >= 0.6 is 0 Å². The van der Waals surface area contributed by atoms with Crippen LogP contribution in [0, 0.1) is 25.7 Å². The van der Waals surface area contributed by atoms with Crippen molar-refractivity contribution in [2.75, 3.05) is 33.7 Å². The zero-order valence-corrected chi connectivity index (χ0v) is 17.6. The van der Waals surface area contributed by atoms with Crippen molar-refractivity contribution < 1.29 is 9.59 Å². The maximum absolute atomic E-state index is 13.1. The van der Waals surface area contributed by atoms with Gasteiger partial charge in [0, 0.05) is 49.4 Å². The summed E-state index contributed by atoms with van der Waals surface area (Å²) in [6.45, 7) is 6.36. The molecule has 3 saturated heterocycles. The van der Waals surface area contributed by atoms with Crippen LogP contribution in [0.3, 0.4) is 0 Å². The van der Waals surface area contributed by atoms with Crippen molar-refractivity contribution in [2.45, 2.75) is 58.0 Å². The van der Waals surface area contributed by atoms with E-state index in [4.69, 9.17) is 0 Å². The van der Waals surface area contributed by atoms with E-state index in [1.165, 1.54) is 0 Å². The maximum atomic E-state index is 13.1. The minimum Gasteiger partial charge on any atom is -0.342 e. The van der Waals surface area contributed by atoms with Gasteiger partial charge in [0.1, 0.15) is 0 Å². The first kappa shape index (κ1) is 19.4. The molecule has 3 fully saturated rings. The Hall–Kier alpha value is -1.89. The second-order valence-corrected chi connectivity index (χ2v) is 9.23. The molecule has 0 aromatic carbocycles. The topological polar surface area (TPSA) is 72.5 Å². The van der Waals surface area contributed by atoms with E-state index in [0.717, 1.165) is 55.8 Å². The van der Waals surface area contributed by atoms with Gasteiger partial charge in [0.2, 0.25) is 11.8 Å².